The predicted molar refractivity (Wildman–Crippen MR) is 109 cm³/mol. The first kappa shape index (κ1) is 21.3. The van der Waals surface area contributed by atoms with Crippen LogP contribution in [-0.2, 0) is 17.9 Å². The number of nitrogens with two attached hydrogens (primary N) is 1. The van der Waals surface area contributed by atoms with Crippen molar-refractivity contribution in [2.75, 3.05) is 6.54 Å². The molecule has 0 aliphatic heterocycles. The Morgan fingerprint density at radius 2 is 1.93 bits per heavy atom. The largest absolute Gasteiger partial charge is 0.350 e. The summed E-state index contributed by atoms with van der Waals surface area (Å²) in [5.74, 6) is 0.284. The smallest absolute Gasteiger partial charge is 0.251 e. The van der Waals surface area contributed by atoms with Gasteiger partial charge in [-0.15, -0.1) is 23.7 Å². The van der Waals surface area contributed by atoms with E-state index in [9.17, 15) is 9.59 Å². The Hall–Kier alpha value is -1.96. The van der Waals surface area contributed by atoms with Gasteiger partial charge in [-0.3, -0.25) is 9.59 Å². The van der Waals surface area contributed by atoms with Crippen LogP contribution in [0.5, 0.6) is 0 Å². The third-order valence-corrected chi connectivity index (χ3v) is 5.68. The van der Waals surface area contributed by atoms with Crippen molar-refractivity contribution < 1.29 is 9.59 Å². The number of thiazole rings is 1. The maximum Gasteiger partial charge on any atom is 0.251 e. The fraction of sp³-hybridized carbons (Fsp3) is 0.421. The highest BCUT2D eigenvalue weighted by Gasteiger charge is 2.31. The number of rotatable bonds is 7. The normalized spacial score (nSPS) is 18.6. The summed E-state index contributed by atoms with van der Waals surface area (Å²) in [7, 11) is 0. The molecule has 146 valence electrons. The Morgan fingerprint density at radius 1 is 1.15 bits per heavy atom. The lowest BCUT2D eigenvalue weighted by Crippen LogP contribution is -2.34. The molecule has 8 heteroatoms. The van der Waals surface area contributed by atoms with E-state index >= 15 is 0 Å². The van der Waals surface area contributed by atoms with E-state index in [1.807, 2.05) is 23.6 Å². The van der Waals surface area contributed by atoms with Crippen LogP contribution >= 0.6 is 23.7 Å². The SMILES string of the molecule is Cl.NC[C@H]1CCC[C@H]1C(=O)NCc1csc(CNC(=O)c2ccccc2)n1. The number of benzene rings is 1. The minimum Gasteiger partial charge on any atom is -0.350 e. The molecule has 4 N–H and O–H groups in total. The Morgan fingerprint density at radius 3 is 2.67 bits per heavy atom. The average Bonchev–Trinajstić information content (AvgIpc) is 3.34. The molecule has 0 spiro atoms. The molecule has 1 saturated carbocycles. The molecule has 6 nitrogen and oxygen atoms in total. The zero-order valence-corrected chi connectivity index (χ0v) is 16.7. The molecule has 2 atom stereocenters. The lowest BCUT2D eigenvalue weighted by molar-refractivity contribution is -0.126. The summed E-state index contributed by atoms with van der Waals surface area (Å²) < 4.78 is 0. The molecule has 0 unspecified atom stereocenters. The summed E-state index contributed by atoms with van der Waals surface area (Å²) in [4.78, 5) is 28.8. The van der Waals surface area contributed by atoms with Crippen molar-refractivity contribution in [1.29, 1.82) is 0 Å². The number of nitrogens with one attached hydrogen (secondary N) is 2. The zero-order valence-electron chi connectivity index (χ0n) is 15.0. The van der Waals surface area contributed by atoms with Gasteiger partial charge in [0, 0.05) is 16.9 Å². The molecule has 1 aliphatic rings. The van der Waals surface area contributed by atoms with Gasteiger partial charge in [-0.2, -0.15) is 0 Å². The summed E-state index contributed by atoms with van der Waals surface area (Å²) in [5.41, 5.74) is 7.19. The number of halogens is 1. The molecule has 27 heavy (non-hydrogen) atoms. The fourth-order valence-corrected chi connectivity index (χ4v) is 4.07. The standard InChI is InChI=1S/C19H24N4O2S.ClH/c20-9-14-7-4-8-16(14)19(25)21-10-15-12-26-17(23-15)11-22-18(24)13-5-2-1-3-6-13;/h1-3,5-6,12,14,16H,4,7-11,20H2,(H,21,25)(H,22,24);1H/t14-,16-;/m1./s1. The molecule has 0 bridgehead atoms. The average molecular weight is 409 g/mol. The van der Waals surface area contributed by atoms with Crippen LogP contribution < -0.4 is 16.4 Å². The number of carbonyl (C=O) groups is 2. The van der Waals surface area contributed by atoms with Gasteiger partial charge in [0.05, 0.1) is 18.8 Å². The second-order valence-corrected chi connectivity index (χ2v) is 7.47. The molecule has 1 fully saturated rings. The van der Waals surface area contributed by atoms with E-state index in [0.717, 1.165) is 30.0 Å². The Labute approximate surface area is 169 Å². The molecule has 1 aromatic heterocycles. The fourth-order valence-electron chi connectivity index (χ4n) is 3.33. The van der Waals surface area contributed by atoms with Crippen molar-refractivity contribution in [2.45, 2.75) is 32.4 Å². The first-order valence-electron chi connectivity index (χ1n) is 8.91. The molecule has 1 aliphatic carbocycles. The van der Waals surface area contributed by atoms with Crippen LogP contribution in [0.2, 0.25) is 0 Å². The quantitative estimate of drug-likeness (QED) is 0.655. The van der Waals surface area contributed by atoms with Crippen LogP contribution in [0.4, 0.5) is 0 Å². The second-order valence-electron chi connectivity index (χ2n) is 6.53. The molecule has 1 aromatic carbocycles. The van der Waals surface area contributed by atoms with E-state index in [2.05, 4.69) is 15.6 Å². The van der Waals surface area contributed by atoms with Gasteiger partial charge in [-0.1, -0.05) is 24.6 Å². The highest BCUT2D eigenvalue weighted by Crippen LogP contribution is 2.31. The minimum absolute atomic E-state index is 0. The van der Waals surface area contributed by atoms with E-state index in [-0.39, 0.29) is 30.1 Å². The number of nitrogens with zero attached hydrogens (tertiary/aromatic N) is 1. The number of hydrogen-bond donors (Lipinski definition) is 3. The van der Waals surface area contributed by atoms with Gasteiger partial charge < -0.3 is 16.4 Å². The monoisotopic (exact) mass is 408 g/mol. The number of amides is 2. The molecule has 1 heterocycles. The van der Waals surface area contributed by atoms with Gasteiger partial charge >= 0.3 is 0 Å². The Kier molecular flexibility index (Phi) is 8.22. The second kappa shape index (κ2) is 10.4. The number of aromatic nitrogens is 1. The zero-order chi connectivity index (χ0) is 18.4. The summed E-state index contributed by atoms with van der Waals surface area (Å²) in [6, 6.07) is 9.09. The van der Waals surface area contributed by atoms with Crippen molar-refractivity contribution in [3.8, 4) is 0 Å². The third-order valence-electron chi connectivity index (χ3n) is 4.78. The Balaban J connectivity index is 0.00000261. The summed E-state index contributed by atoms with van der Waals surface area (Å²) in [6.45, 7) is 1.36. The molecular formula is C19H25ClN4O2S. The number of hydrogen-bond acceptors (Lipinski definition) is 5. The summed E-state index contributed by atoms with van der Waals surface area (Å²) >= 11 is 1.48. The lowest BCUT2D eigenvalue weighted by atomic mass is 9.95. The molecular weight excluding hydrogens is 384 g/mol. The Bertz CT molecular complexity index is 753. The number of carbonyl (C=O) groups excluding carboxylic acids is 2. The maximum atomic E-state index is 12.3. The van der Waals surface area contributed by atoms with E-state index in [1.165, 1.54) is 11.3 Å². The highest BCUT2D eigenvalue weighted by atomic mass is 35.5. The van der Waals surface area contributed by atoms with Crippen LogP contribution in [0.1, 0.15) is 40.3 Å². The van der Waals surface area contributed by atoms with Crippen molar-refractivity contribution >= 4 is 35.6 Å². The summed E-state index contributed by atoms with van der Waals surface area (Å²) in [5, 5.41) is 8.57. The third kappa shape index (κ3) is 5.76. The van der Waals surface area contributed by atoms with E-state index in [1.54, 1.807) is 12.1 Å². The van der Waals surface area contributed by atoms with Crippen LogP contribution in [0, 0.1) is 11.8 Å². The van der Waals surface area contributed by atoms with Crippen molar-refractivity contribution in [1.82, 2.24) is 15.6 Å². The van der Waals surface area contributed by atoms with Gasteiger partial charge in [-0.05, 0) is 37.4 Å². The molecule has 2 amide bonds. The van der Waals surface area contributed by atoms with Crippen LogP contribution in [-0.4, -0.2) is 23.3 Å². The van der Waals surface area contributed by atoms with Crippen molar-refractivity contribution in [3.05, 3.63) is 52.0 Å². The minimum atomic E-state index is -0.121. The van der Waals surface area contributed by atoms with E-state index < -0.39 is 0 Å². The lowest BCUT2D eigenvalue weighted by Gasteiger charge is -2.16. The molecule has 0 saturated heterocycles. The van der Waals surface area contributed by atoms with Gasteiger partial charge in [0.25, 0.3) is 5.91 Å². The van der Waals surface area contributed by atoms with Gasteiger partial charge in [0.1, 0.15) is 5.01 Å². The first-order chi connectivity index (χ1) is 12.7. The maximum absolute atomic E-state index is 12.3. The molecule has 3 rings (SSSR count). The van der Waals surface area contributed by atoms with Gasteiger partial charge in [0.15, 0.2) is 0 Å². The topological polar surface area (TPSA) is 97.1 Å². The van der Waals surface area contributed by atoms with Crippen molar-refractivity contribution in [2.24, 2.45) is 17.6 Å². The first-order valence-corrected chi connectivity index (χ1v) is 9.79. The van der Waals surface area contributed by atoms with E-state index in [4.69, 9.17) is 5.73 Å². The highest BCUT2D eigenvalue weighted by molar-refractivity contribution is 7.09. The van der Waals surface area contributed by atoms with Crippen LogP contribution in [0.25, 0.3) is 0 Å². The molecule has 2 aromatic rings. The van der Waals surface area contributed by atoms with Gasteiger partial charge in [0.2, 0.25) is 5.91 Å². The van der Waals surface area contributed by atoms with Crippen molar-refractivity contribution in [3.63, 3.8) is 0 Å². The van der Waals surface area contributed by atoms with E-state index in [0.29, 0.717) is 31.1 Å². The molecule has 0 radical (unpaired) electrons. The van der Waals surface area contributed by atoms with Gasteiger partial charge in [-0.25, -0.2) is 4.98 Å². The summed E-state index contributed by atoms with van der Waals surface area (Å²) in [6.07, 6.45) is 3.03. The van der Waals surface area contributed by atoms with Crippen LogP contribution in [0.3, 0.4) is 0 Å². The van der Waals surface area contributed by atoms with Crippen LogP contribution in [0.15, 0.2) is 35.7 Å². The predicted octanol–water partition coefficient (Wildman–Crippen LogP) is 2.49.